The molecule has 2 aromatic heterocycles. The molecule has 0 atom stereocenters. The van der Waals surface area contributed by atoms with Crippen LogP contribution in [0.1, 0.15) is 16.7 Å². The highest BCUT2D eigenvalue weighted by Gasteiger charge is 2.20. The zero-order chi connectivity index (χ0) is 18.4. The lowest BCUT2D eigenvalue weighted by Gasteiger charge is -2.03. The molecule has 0 fully saturated rings. The molecule has 0 amide bonds. The van der Waals surface area contributed by atoms with Crippen LogP contribution in [-0.2, 0) is 13.5 Å². The molecule has 4 aromatic rings. The van der Waals surface area contributed by atoms with Gasteiger partial charge < -0.3 is 0 Å². The zero-order valence-electron chi connectivity index (χ0n) is 15.7. The first kappa shape index (κ1) is 16.0. The fourth-order valence-corrected chi connectivity index (χ4v) is 3.97. The van der Waals surface area contributed by atoms with Crippen LogP contribution in [0.4, 0.5) is 0 Å². The molecule has 2 heteroatoms. The molecule has 0 bridgehead atoms. The van der Waals surface area contributed by atoms with Crippen LogP contribution in [0, 0.1) is 6.92 Å². The number of rotatable bonds is 2. The highest BCUT2D eigenvalue weighted by molar-refractivity contribution is 5.77. The summed E-state index contributed by atoms with van der Waals surface area (Å²) in [6.07, 6.45) is 9.49. The van der Waals surface area contributed by atoms with Crippen molar-refractivity contribution >= 4 is 0 Å². The minimum Gasteiger partial charge on any atom is -0.208 e. The van der Waals surface area contributed by atoms with Gasteiger partial charge in [0.05, 0.1) is 0 Å². The monoisotopic (exact) mass is 350 g/mol. The summed E-state index contributed by atoms with van der Waals surface area (Å²) < 4.78 is 4.25. The summed E-state index contributed by atoms with van der Waals surface area (Å²) in [5.41, 5.74) is 10.6. The number of hydrogen-bond donors (Lipinski definition) is 0. The fourth-order valence-electron chi connectivity index (χ4n) is 3.97. The molecule has 1 aliphatic carbocycles. The third-order valence-corrected chi connectivity index (χ3v) is 5.46. The zero-order valence-corrected chi connectivity index (χ0v) is 15.7. The van der Waals surface area contributed by atoms with E-state index in [1.54, 1.807) is 0 Å². The highest BCUT2D eigenvalue weighted by Crippen LogP contribution is 2.37. The van der Waals surface area contributed by atoms with Gasteiger partial charge in [-0.3, -0.25) is 0 Å². The van der Waals surface area contributed by atoms with Gasteiger partial charge in [0.25, 0.3) is 0 Å². The number of benzene rings is 2. The van der Waals surface area contributed by atoms with E-state index in [1.807, 2.05) is 7.05 Å². The quantitative estimate of drug-likeness (QED) is 0.419. The second-order valence-electron chi connectivity index (χ2n) is 7.43. The third-order valence-electron chi connectivity index (χ3n) is 5.46. The van der Waals surface area contributed by atoms with E-state index in [9.17, 15) is 0 Å². The van der Waals surface area contributed by atoms with Crippen molar-refractivity contribution in [3.63, 3.8) is 0 Å². The molecule has 0 N–H and O–H groups in total. The van der Waals surface area contributed by atoms with Gasteiger partial charge in [0.15, 0.2) is 24.8 Å². The highest BCUT2D eigenvalue weighted by atomic mass is 14.9. The van der Waals surface area contributed by atoms with E-state index in [0.29, 0.717) is 0 Å². The molecule has 2 aromatic carbocycles. The van der Waals surface area contributed by atoms with Crippen LogP contribution in [-0.4, -0.2) is 0 Å². The van der Waals surface area contributed by atoms with Crippen molar-refractivity contribution in [1.29, 1.82) is 0 Å². The van der Waals surface area contributed by atoms with Crippen LogP contribution < -0.4 is 9.13 Å². The first-order valence-corrected chi connectivity index (χ1v) is 9.37. The molecule has 2 heterocycles. The maximum absolute atomic E-state index is 2.33. The summed E-state index contributed by atoms with van der Waals surface area (Å²) in [6, 6.07) is 22.3. The van der Waals surface area contributed by atoms with Crippen molar-refractivity contribution in [2.24, 2.45) is 7.05 Å². The van der Waals surface area contributed by atoms with Crippen molar-refractivity contribution in [2.75, 3.05) is 0 Å². The van der Waals surface area contributed by atoms with Gasteiger partial charge in [-0.1, -0.05) is 23.8 Å². The van der Waals surface area contributed by atoms with E-state index in [4.69, 9.17) is 0 Å². The van der Waals surface area contributed by atoms with Gasteiger partial charge in [-0.2, -0.15) is 4.57 Å². The number of fused-ring (bicyclic) bond motifs is 3. The minimum absolute atomic E-state index is 1.03. The minimum atomic E-state index is 1.03. The molecule has 130 valence electrons. The van der Waals surface area contributed by atoms with Gasteiger partial charge in [0, 0.05) is 36.4 Å². The smallest absolute Gasteiger partial charge is 0.208 e. The Morgan fingerprint density at radius 2 is 1.26 bits per heavy atom. The standard InChI is InChI=1S/C25H22N2/c1-18-3-5-24-21(15-18)16-22-17-23(4-6-25(22)24)27-13-9-20(10-14-27)19-7-11-26(2)12-8-19/h3-15,17H,16H2,1-2H3/q+2. The number of pyridine rings is 2. The van der Waals surface area contributed by atoms with Gasteiger partial charge in [0.2, 0.25) is 5.69 Å². The van der Waals surface area contributed by atoms with Crippen molar-refractivity contribution < 1.29 is 9.13 Å². The molecular formula is C25H22N2+2. The molecule has 0 saturated heterocycles. The summed E-state index contributed by atoms with van der Waals surface area (Å²) in [5.74, 6) is 0. The Kier molecular flexibility index (Phi) is 3.64. The number of nitrogens with zero attached hydrogens (tertiary/aromatic N) is 2. The maximum atomic E-state index is 2.33. The largest absolute Gasteiger partial charge is 0.210 e. The summed E-state index contributed by atoms with van der Waals surface area (Å²) >= 11 is 0. The molecule has 5 rings (SSSR count). The molecule has 0 spiro atoms. The van der Waals surface area contributed by atoms with E-state index in [2.05, 4.69) is 102 Å². The molecule has 0 saturated carbocycles. The Bertz CT molecular complexity index is 1140. The average molecular weight is 350 g/mol. The molecule has 0 radical (unpaired) electrons. The average Bonchev–Trinajstić information content (AvgIpc) is 3.05. The third kappa shape index (κ3) is 2.83. The van der Waals surface area contributed by atoms with E-state index < -0.39 is 0 Å². The van der Waals surface area contributed by atoms with Crippen LogP contribution in [0.25, 0.3) is 27.9 Å². The Balaban J connectivity index is 1.47. The van der Waals surface area contributed by atoms with E-state index in [1.165, 1.54) is 44.6 Å². The second-order valence-corrected chi connectivity index (χ2v) is 7.43. The Morgan fingerprint density at radius 3 is 1.96 bits per heavy atom. The first-order chi connectivity index (χ1) is 13.2. The summed E-state index contributed by atoms with van der Waals surface area (Å²) in [7, 11) is 2.04. The predicted octanol–water partition coefficient (Wildman–Crippen LogP) is 4.33. The van der Waals surface area contributed by atoms with E-state index >= 15 is 0 Å². The normalized spacial score (nSPS) is 11.9. The van der Waals surface area contributed by atoms with Crippen LogP contribution in [0.3, 0.4) is 0 Å². The lowest BCUT2D eigenvalue weighted by atomic mass is 10.0. The predicted molar refractivity (Wildman–Crippen MR) is 108 cm³/mol. The molecule has 0 unspecified atom stereocenters. The lowest BCUT2D eigenvalue weighted by Crippen LogP contribution is -2.29. The molecule has 1 aliphatic rings. The number of aryl methyl sites for hydroxylation is 2. The van der Waals surface area contributed by atoms with Gasteiger partial charge >= 0.3 is 0 Å². The van der Waals surface area contributed by atoms with Crippen LogP contribution >= 0.6 is 0 Å². The Labute approximate surface area is 160 Å². The summed E-state index contributed by atoms with van der Waals surface area (Å²) in [5, 5.41) is 0. The van der Waals surface area contributed by atoms with Crippen molar-refractivity contribution in [1.82, 2.24) is 0 Å². The van der Waals surface area contributed by atoms with Gasteiger partial charge in [0.1, 0.15) is 7.05 Å². The Hall–Kier alpha value is -3.26. The summed E-state index contributed by atoms with van der Waals surface area (Å²) in [4.78, 5) is 0. The number of aromatic nitrogens is 2. The molecular weight excluding hydrogens is 328 g/mol. The molecule has 2 nitrogen and oxygen atoms in total. The van der Waals surface area contributed by atoms with Gasteiger partial charge in [-0.05, 0) is 52.8 Å². The SMILES string of the molecule is Cc1ccc2c(c1)Cc1cc(-[n+]3ccc(-c4cc[n+](C)cc4)cc3)ccc1-2. The van der Waals surface area contributed by atoms with Crippen LogP contribution in [0.2, 0.25) is 0 Å². The van der Waals surface area contributed by atoms with E-state index in [0.717, 1.165) is 6.42 Å². The van der Waals surface area contributed by atoms with Crippen molar-refractivity contribution in [3.8, 4) is 27.9 Å². The van der Waals surface area contributed by atoms with Crippen LogP contribution in [0.5, 0.6) is 0 Å². The van der Waals surface area contributed by atoms with Gasteiger partial charge in [-0.15, -0.1) is 0 Å². The first-order valence-electron chi connectivity index (χ1n) is 9.37. The topological polar surface area (TPSA) is 7.76 Å². The molecule has 27 heavy (non-hydrogen) atoms. The van der Waals surface area contributed by atoms with Crippen molar-refractivity contribution in [3.05, 3.63) is 102 Å². The fraction of sp³-hybridized carbons (Fsp3) is 0.120. The molecule has 0 aliphatic heterocycles. The maximum Gasteiger partial charge on any atom is 0.210 e. The second kappa shape index (κ2) is 6.17. The summed E-state index contributed by atoms with van der Waals surface area (Å²) in [6.45, 7) is 2.17. The van der Waals surface area contributed by atoms with Crippen LogP contribution in [0.15, 0.2) is 85.5 Å². The van der Waals surface area contributed by atoms with Crippen molar-refractivity contribution in [2.45, 2.75) is 13.3 Å². The number of hydrogen-bond acceptors (Lipinski definition) is 0. The van der Waals surface area contributed by atoms with E-state index in [-0.39, 0.29) is 0 Å². The Morgan fingerprint density at radius 1 is 0.667 bits per heavy atom. The van der Waals surface area contributed by atoms with Gasteiger partial charge in [-0.25, -0.2) is 4.57 Å². The lowest BCUT2D eigenvalue weighted by molar-refractivity contribution is -0.671.